The van der Waals surface area contributed by atoms with Gasteiger partial charge in [-0.05, 0) is 25.4 Å². The van der Waals surface area contributed by atoms with Crippen LogP contribution in [0.5, 0.6) is 5.75 Å². The summed E-state index contributed by atoms with van der Waals surface area (Å²) in [5, 5.41) is 7.73. The molecule has 16 heavy (non-hydrogen) atoms. The van der Waals surface area contributed by atoms with Gasteiger partial charge in [0.1, 0.15) is 10.6 Å². The predicted octanol–water partition coefficient (Wildman–Crippen LogP) is 1.52. The van der Waals surface area contributed by atoms with Gasteiger partial charge >= 0.3 is 0 Å². The molecule has 92 valence electrons. The van der Waals surface area contributed by atoms with Crippen LogP contribution < -0.4 is 15.4 Å². The molecule has 0 aromatic carbocycles. The molecule has 0 saturated carbocycles. The minimum absolute atomic E-state index is 0. The lowest BCUT2D eigenvalue weighted by Crippen LogP contribution is -2.36. The maximum absolute atomic E-state index is 11.7. The van der Waals surface area contributed by atoms with Crippen molar-refractivity contribution >= 4 is 29.7 Å². The summed E-state index contributed by atoms with van der Waals surface area (Å²) < 4.78 is 5.07. The van der Waals surface area contributed by atoms with E-state index >= 15 is 0 Å². The van der Waals surface area contributed by atoms with Crippen LogP contribution in [0.25, 0.3) is 0 Å². The second-order valence-corrected chi connectivity index (χ2v) is 4.13. The molecule has 1 unspecified atom stereocenters. The number of thiophene rings is 1. The highest BCUT2D eigenvalue weighted by Gasteiger charge is 2.13. The minimum atomic E-state index is -0.0797. The van der Waals surface area contributed by atoms with Crippen LogP contribution >= 0.6 is 23.7 Å². The van der Waals surface area contributed by atoms with Crippen molar-refractivity contribution in [3.05, 3.63) is 16.3 Å². The molecule has 0 aliphatic rings. The third kappa shape index (κ3) is 4.00. The summed E-state index contributed by atoms with van der Waals surface area (Å²) in [4.78, 5) is 12.3. The highest BCUT2D eigenvalue weighted by molar-refractivity contribution is 7.12. The molecular weight excluding hydrogens is 248 g/mol. The fourth-order valence-electron chi connectivity index (χ4n) is 1.05. The third-order valence-electron chi connectivity index (χ3n) is 2.12. The lowest BCUT2D eigenvalue weighted by Gasteiger charge is -2.11. The average molecular weight is 265 g/mol. The Morgan fingerprint density at radius 2 is 2.31 bits per heavy atom. The maximum Gasteiger partial charge on any atom is 0.265 e. The lowest BCUT2D eigenvalue weighted by atomic mass is 10.3. The van der Waals surface area contributed by atoms with E-state index in [1.54, 1.807) is 13.2 Å². The zero-order chi connectivity index (χ0) is 11.3. The average Bonchev–Trinajstić information content (AvgIpc) is 2.73. The fourth-order valence-corrected chi connectivity index (χ4v) is 1.83. The van der Waals surface area contributed by atoms with Crippen LogP contribution in [0.4, 0.5) is 0 Å². The molecule has 1 amide bonds. The number of ether oxygens (including phenoxy) is 1. The van der Waals surface area contributed by atoms with E-state index in [1.165, 1.54) is 11.3 Å². The van der Waals surface area contributed by atoms with Gasteiger partial charge in [-0.15, -0.1) is 23.7 Å². The number of amides is 1. The monoisotopic (exact) mass is 264 g/mol. The molecule has 1 rings (SSSR count). The van der Waals surface area contributed by atoms with Crippen LogP contribution in [-0.2, 0) is 0 Å². The number of halogens is 1. The predicted molar refractivity (Wildman–Crippen MR) is 69.0 cm³/mol. The first kappa shape index (κ1) is 15.2. The summed E-state index contributed by atoms with van der Waals surface area (Å²) in [6.45, 7) is 2.61. The molecule has 1 heterocycles. The number of methoxy groups -OCH3 is 1. The Morgan fingerprint density at radius 3 is 2.88 bits per heavy atom. The van der Waals surface area contributed by atoms with Gasteiger partial charge in [0.05, 0.1) is 7.11 Å². The van der Waals surface area contributed by atoms with Crippen LogP contribution in [0, 0.1) is 0 Å². The van der Waals surface area contributed by atoms with Gasteiger partial charge in [-0.3, -0.25) is 4.79 Å². The van der Waals surface area contributed by atoms with E-state index in [2.05, 4.69) is 10.6 Å². The highest BCUT2D eigenvalue weighted by Crippen LogP contribution is 2.23. The second kappa shape index (κ2) is 7.49. The molecule has 0 radical (unpaired) electrons. The largest absolute Gasteiger partial charge is 0.495 e. The van der Waals surface area contributed by atoms with E-state index in [0.717, 1.165) is 0 Å². The standard InChI is InChI=1S/C10H16N2O2S.ClH/c1-7(11-2)6-12-10(13)9-8(14-3)4-5-15-9;/h4-5,7,11H,6H2,1-3H3,(H,12,13);1H. The van der Waals surface area contributed by atoms with Crippen molar-refractivity contribution in [2.24, 2.45) is 0 Å². The van der Waals surface area contributed by atoms with Crippen LogP contribution in [0.1, 0.15) is 16.6 Å². The van der Waals surface area contributed by atoms with Gasteiger partial charge in [0.15, 0.2) is 0 Å². The Labute approximate surface area is 106 Å². The summed E-state index contributed by atoms with van der Waals surface area (Å²) in [6.07, 6.45) is 0. The Balaban J connectivity index is 0.00000225. The molecule has 6 heteroatoms. The van der Waals surface area contributed by atoms with Crippen LogP contribution in [0.2, 0.25) is 0 Å². The van der Waals surface area contributed by atoms with Gasteiger partial charge in [0.25, 0.3) is 5.91 Å². The van der Waals surface area contributed by atoms with Crippen molar-refractivity contribution in [2.45, 2.75) is 13.0 Å². The van der Waals surface area contributed by atoms with Crippen molar-refractivity contribution < 1.29 is 9.53 Å². The molecular formula is C10H17ClN2O2S. The Morgan fingerprint density at radius 1 is 1.62 bits per heavy atom. The number of hydrogen-bond acceptors (Lipinski definition) is 4. The molecule has 1 aromatic heterocycles. The molecule has 4 nitrogen and oxygen atoms in total. The summed E-state index contributed by atoms with van der Waals surface area (Å²) in [6, 6.07) is 2.06. The molecule has 0 aliphatic carbocycles. The van der Waals surface area contributed by atoms with Gasteiger partial charge in [0, 0.05) is 12.6 Å². The minimum Gasteiger partial charge on any atom is -0.495 e. The molecule has 0 saturated heterocycles. The molecule has 0 bridgehead atoms. The Bertz CT molecular complexity index is 330. The first-order chi connectivity index (χ1) is 7.19. The van der Waals surface area contributed by atoms with Gasteiger partial charge in [-0.1, -0.05) is 0 Å². The molecule has 2 N–H and O–H groups in total. The topological polar surface area (TPSA) is 50.4 Å². The van der Waals surface area contributed by atoms with Crippen molar-refractivity contribution in [1.29, 1.82) is 0 Å². The number of rotatable bonds is 5. The van der Waals surface area contributed by atoms with Crippen molar-refractivity contribution in [2.75, 3.05) is 20.7 Å². The van der Waals surface area contributed by atoms with Gasteiger partial charge in [-0.2, -0.15) is 0 Å². The molecule has 0 fully saturated rings. The van der Waals surface area contributed by atoms with E-state index in [0.29, 0.717) is 17.2 Å². The van der Waals surface area contributed by atoms with Crippen LogP contribution in [0.15, 0.2) is 11.4 Å². The second-order valence-electron chi connectivity index (χ2n) is 3.22. The molecule has 0 aliphatic heterocycles. The van der Waals surface area contributed by atoms with Gasteiger partial charge in [0.2, 0.25) is 0 Å². The molecule has 0 spiro atoms. The third-order valence-corrected chi connectivity index (χ3v) is 3.01. The van der Waals surface area contributed by atoms with Gasteiger partial charge in [-0.25, -0.2) is 0 Å². The quantitative estimate of drug-likeness (QED) is 0.848. The molecule has 1 atom stereocenters. The van der Waals surface area contributed by atoms with Crippen molar-refractivity contribution in [1.82, 2.24) is 10.6 Å². The zero-order valence-electron chi connectivity index (χ0n) is 9.57. The number of likely N-dealkylation sites (N-methyl/N-ethyl adjacent to an activating group) is 1. The van der Waals surface area contributed by atoms with E-state index < -0.39 is 0 Å². The Kier molecular flexibility index (Phi) is 7.12. The number of hydrogen-bond donors (Lipinski definition) is 2. The summed E-state index contributed by atoms with van der Waals surface area (Å²) in [7, 11) is 3.43. The van der Waals surface area contributed by atoms with Crippen LogP contribution in [0.3, 0.4) is 0 Å². The molecule has 1 aromatic rings. The first-order valence-electron chi connectivity index (χ1n) is 4.76. The smallest absolute Gasteiger partial charge is 0.265 e. The highest BCUT2D eigenvalue weighted by atomic mass is 35.5. The first-order valence-corrected chi connectivity index (χ1v) is 5.64. The lowest BCUT2D eigenvalue weighted by molar-refractivity contribution is 0.0952. The van der Waals surface area contributed by atoms with Crippen molar-refractivity contribution in [3.63, 3.8) is 0 Å². The Hall–Kier alpha value is -0.780. The van der Waals surface area contributed by atoms with E-state index in [-0.39, 0.29) is 24.4 Å². The summed E-state index contributed by atoms with van der Waals surface area (Å²) in [5.41, 5.74) is 0. The van der Waals surface area contributed by atoms with Gasteiger partial charge < -0.3 is 15.4 Å². The number of carbonyl (C=O) groups excluding carboxylic acids is 1. The normalized spacial score (nSPS) is 11.4. The van der Waals surface area contributed by atoms with E-state index in [9.17, 15) is 4.79 Å². The summed E-state index contributed by atoms with van der Waals surface area (Å²) >= 11 is 1.38. The number of nitrogens with one attached hydrogen (secondary N) is 2. The zero-order valence-corrected chi connectivity index (χ0v) is 11.2. The van der Waals surface area contributed by atoms with Crippen LogP contribution in [-0.4, -0.2) is 32.7 Å². The SMILES string of the molecule is CNC(C)CNC(=O)c1sccc1OC.Cl. The van der Waals surface area contributed by atoms with E-state index in [4.69, 9.17) is 4.74 Å². The van der Waals surface area contributed by atoms with Crippen molar-refractivity contribution in [3.8, 4) is 5.75 Å². The fraction of sp³-hybridized carbons (Fsp3) is 0.500. The maximum atomic E-state index is 11.7. The number of carbonyl (C=O) groups is 1. The summed E-state index contributed by atoms with van der Waals surface area (Å²) in [5.74, 6) is 0.554. The van der Waals surface area contributed by atoms with E-state index in [1.807, 2.05) is 19.4 Å².